The van der Waals surface area contributed by atoms with Crippen molar-refractivity contribution in [2.24, 2.45) is 10.8 Å². The van der Waals surface area contributed by atoms with Crippen LogP contribution >= 0.6 is 0 Å². The van der Waals surface area contributed by atoms with Crippen LogP contribution < -0.4 is 0 Å². The van der Waals surface area contributed by atoms with Crippen molar-refractivity contribution >= 4 is 107 Å². The molecular formula is C52H58O37. The topological polar surface area (TPSA) is 483 Å². The van der Waals surface area contributed by atoms with Crippen molar-refractivity contribution in [3.63, 3.8) is 0 Å². The molecule has 0 unspecified atom stereocenters. The number of carbonyl (C=O) groups excluding carboxylic acids is 18. The Bertz CT molecular complexity index is 2190. The third-order valence-corrected chi connectivity index (χ3v) is 9.15. The molecule has 0 amide bonds. The van der Waals surface area contributed by atoms with Crippen LogP contribution in [-0.4, -0.2) is 240 Å². The van der Waals surface area contributed by atoms with Crippen molar-refractivity contribution in [1.82, 2.24) is 0 Å². The van der Waals surface area contributed by atoms with E-state index < -0.39 is 250 Å². The first-order chi connectivity index (χ1) is 42.2. The van der Waals surface area contributed by atoms with E-state index >= 15 is 0 Å². The molecule has 0 bridgehead atoms. The zero-order valence-electron chi connectivity index (χ0n) is 47.0. The summed E-state index contributed by atoms with van der Waals surface area (Å²) in [5.74, 6) is -23.1. The van der Waals surface area contributed by atoms with Crippen molar-refractivity contribution in [2.75, 3.05) is 132 Å². The predicted octanol–water partition coefficient (Wildman–Crippen LogP) is -4.13. The SMILES string of the molecule is C=CC(=O)OCC(=O)OCC(=O)OCC(COCC(COC(=O)COC(=O)COC(=O)C=C)(COC(=O)COC(=O)COC(=O)C=C)COC(=O)COC(=O)COC(=O)C=C)(COC(=O)COC(=O)COC(=O)C=C)COC(=O)COC(=O)COC(=O)C=C. The standard InChI is InChI=1S/C52H58O37/c1-7-33(53)72-13-39(59)78-19-45(65)84-27-51(28-85-46(66)20-79-40(60)14-73-34(54)8-2,29-86-47(67)21-80-41(61)15-74-35(55)9-3)25-71-26-52(30-87-48(68)22-81-42(62)16-75-36(56)10-4,31-88-49(69)23-82-43(63)17-76-37(57)11-5)32-89-50(70)24-83-44(64)18-77-38(58)12-6/h7-12H,1-6,13-32H2. The van der Waals surface area contributed by atoms with E-state index in [0.29, 0.717) is 36.5 Å². The van der Waals surface area contributed by atoms with E-state index in [1.165, 1.54) is 0 Å². The average molecular weight is 1270 g/mol. The number of esters is 18. The Balaban J connectivity index is 7.70. The number of carbonyl (C=O) groups is 18. The van der Waals surface area contributed by atoms with Crippen molar-refractivity contribution in [2.45, 2.75) is 0 Å². The van der Waals surface area contributed by atoms with Gasteiger partial charge in [0.1, 0.15) is 39.6 Å². The van der Waals surface area contributed by atoms with Gasteiger partial charge in [0, 0.05) is 36.5 Å². The molecule has 0 heterocycles. The Morgan fingerprint density at radius 3 is 0.449 bits per heavy atom. The van der Waals surface area contributed by atoms with Crippen LogP contribution in [0, 0.1) is 10.8 Å². The summed E-state index contributed by atoms with van der Waals surface area (Å²) in [6.45, 7) is -4.40. The molecule has 0 atom stereocenters. The van der Waals surface area contributed by atoms with Crippen LogP contribution in [0.3, 0.4) is 0 Å². The van der Waals surface area contributed by atoms with E-state index in [9.17, 15) is 86.3 Å². The highest BCUT2D eigenvalue weighted by molar-refractivity contribution is 5.88. The monoisotopic (exact) mass is 1270 g/mol. The molecule has 37 nitrogen and oxygen atoms in total. The van der Waals surface area contributed by atoms with Crippen LogP contribution in [-0.2, 0) is 176 Å². The van der Waals surface area contributed by atoms with Gasteiger partial charge in [-0.2, -0.15) is 0 Å². The first kappa shape index (κ1) is 77.9. The number of ether oxygens (including phenoxy) is 19. The van der Waals surface area contributed by atoms with Gasteiger partial charge in [0.15, 0.2) is 79.3 Å². The van der Waals surface area contributed by atoms with E-state index in [0.717, 1.165) is 0 Å². The highest BCUT2D eigenvalue weighted by atomic mass is 16.7. The summed E-state index contributed by atoms with van der Waals surface area (Å²) in [5.41, 5.74) is -4.72. The molecular weight excluding hydrogens is 1220 g/mol. The average Bonchev–Trinajstić information content (AvgIpc) is 2.71. The minimum atomic E-state index is -2.36. The number of hydrogen-bond acceptors (Lipinski definition) is 37. The zero-order chi connectivity index (χ0) is 67.2. The summed E-state index contributed by atoms with van der Waals surface area (Å²) in [6, 6.07) is 0. The van der Waals surface area contributed by atoms with Crippen LogP contribution in [0.5, 0.6) is 0 Å². The second kappa shape index (κ2) is 44.4. The Labute approximate surface area is 501 Å². The van der Waals surface area contributed by atoms with E-state index in [4.69, 9.17) is 61.6 Å². The fraction of sp³-hybridized carbons (Fsp3) is 0.423. The molecule has 0 spiro atoms. The molecule has 0 radical (unpaired) electrons. The van der Waals surface area contributed by atoms with E-state index in [2.05, 4.69) is 67.9 Å². The second-order valence-corrected chi connectivity index (χ2v) is 16.3. The summed E-state index contributed by atoms with van der Waals surface area (Å²) < 4.78 is 92.8. The molecule has 0 saturated carbocycles. The third kappa shape index (κ3) is 39.2. The maximum atomic E-state index is 13.1. The molecule has 0 aromatic carbocycles. The van der Waals surface area contributed by atoms with Crippen LogP contribution in [0.25, 0.3) is 0 Å². The fourth-order valence-corrected chi connectivity index (χ4v) is 4.86. The maximum Gasteiger partial charge on any atom is 0.344 e. The summed E-state index contributed by atoms with van der Waals surface area (Å²) in [5, 5.41) is 0. The van der Waals surface area contributed by atoms with Gasteiger partial charge in [-0.1, -0.05) is 39.5 Å². The Kier molecular flexibility index (Phi) is 38.8. The molecule has 488 valence electrons. The van der Waals surface area contributed by atoms with E-state index in [1.54, 1.807) is 0 Å². The molecule has 89 heavy (non-hydrogen) atoms. The highest BCUT2D eigenvalue weighted by Gasteiger charge is 2.41. The highest BCUT2D eigenvalue weighted by Crippen LogP contribution is 2.26. The van der Waals surface area contributed by atoms with E-state index in [1.807, 2.05) is 0 Å². The first-order valence-electron chi connectivity index (χ1n) is 24.4. The molecule has 0 aromatic heterocycles. The number of rotatable bonds is 46. The molecule has 0 N–H and O–H groups in total. The van der Waals surface area contributed by atoms with Crippen molar-refractivity contribution in [3.05, 3.63) is 75.9 Å². The van der Waals surface area contributed by atoms with Gasteiger partial charge in [0.25, 0.3) is 0 Å². The molecule has 0 aliphatic rings. The van der Waals surface area contributed by atoms with Gasteiger partial charge < -0.3 is 90.0 Å². The largest absolute Gasteiger partial charge is 0.462 e. The van der Waals surface area contributed by atoms with Crippen LogP contribution in [0.2, 0.25) is 0 Å². The molecule has 0 aliphatic carbocycles. The predicted molar refractivity (Wildman–Crippen MR) is 274 cm³/mol. The second-order valence-electron chi connectivity index (χ2n) is 16.3. The number of hydrogen-bond donors (Lipinski definition) is 0. The van der Waals surface area contributed by atoms with Crippen molar-refractivity contribution in [1.29, 1.82) is 0 Å². The smallest absolute Gasteiger partial charge is 0.344 e. The van der Waals surface area contributed by atoms with Gasteiger partial charge in [0.05, 0.1) is 24.0 Å². The summed E-state index contributed by atoms with van der Waals surface area (Å²) >= 11 is 0. The van der Waals surface area contributed by atoms with Crippen LogP contribution in [0.1, 0.15) is 0 Å². The fourth-order valence-electron chi connectivity index (χ4n) is 4.86. The third-order valence-electron chi connectivity index (χ3n) is 9.15. The molecule has 0 rings (SSSR count). The van der Waals surface area contributed by atoms with E-state index in [-0.39, 0.29) is 0 Å². The summed E-state index contributed by atoms with van der Waals surface area (Å²) in [4.78, 5) is 220. The Morgan fingerprint density at radius 1 is 0.191 bits per heavy atom. The lowest BCUT2D eigenvalue weighted by Gasteiger charge is -2.35. The molecule has 0 aliphatic heterocycles. The maximum absolute atomic E-state index is 13.1. The van der Waals surface area contributed by atoms with Crippen LogP contribution in [0.4, 0.5) is 0 Å². The first-order valence-corrected chi connectivity index (χ1v) is 24.4. The summed E-state index contributed by atoms with van der Waals surface area (Å²) in [6.07, 6.45) is 4.13. The minimum Gasteiger partial charge on any atom is -0.462 e. The molecule has 0 aromatic rings. The minimum absolute atomic E-state index is 0.688. The van der Waals surface area contributed by atoms with Gasteiger partial charge in [0.2, 0.25) is 0 Å². The lowest BCUT2D eigenvalue weighted by atomic mass is 9.90. The van der Waals surface area contributed by atoms with Crippen LogP contribution in [0.15, 0.2) is 75.9 Å². The molecule has 0 saturated heterocycles. The van der Waals surface area contributed by atoms with Gasteiger partial charge in [-0.15, -0.1) is 0 Å². The van der Waals surface area contributed by atoms with Crippen molar-refractivity contribution < 1.29 is 176 Å². The van der Waals surface area contributed by atoms with Gasteiger partial charge in [-0.25, -0.2) is 86.3 Å². The zero-order valence-corrected chi connectivity index (χ0v) is 47.0. The van der Waals surface area contributed by atoms with Gasteiger partial charge >= 0.3 is 107 Å². The van der Waals surface area contributed by atoms with Gasteiger partial charge in [-0.3, -0.25) is 0 Å². The quantitative estimate of drug-likeness (QED) is 0.0317. The lowest BCUT2D eigenvalue weighted by molar-refractivity contribution is -0.185. The van der Waals surface area contributed by atoms with Crippen molar-refractivity contribution in [3.8, 4) is 0 Å². The molecule has 0 fully saturated rings. The normalized spacial score (nSPS) is 10.2. The summed E-state index contributed by atoms with van der Waals surface area (Å²) in [7, 11) is 0. The Morgan fingerprint density at radius 2 is 0.315 bits per heavy atom. The Hall–Kier alpha value is -11.1. The lowest BCUT2D eigenvalue weighted by Crippen LogP contribution is -2.48. The van der Waals surface area contributed by atoms with Gasteiger partial charge in [-0.05, 0) is 0 Å². The molecule has 37 heteroatoms.